The lowest BCUT2D eigenvalue weighted by Gasteiger charge is -2.39. The number of likely N-dealkylation sites (tertiary alicyclic amines) is 1. The second-order valence-electron chi connectivity index (χ2n) is 10.7. The third kappa shape index (κ3) is 4.91. The number of carbonyl (C=O) groups excluding carboxylic acids is 1. The fraction of sp³-hybridized carbons (Fsp3) is 0.355. The summed E-state index contributed by atoms with van der Waals surface area (Å²) in [5.41, 5.74) is 7.67. The molecule has 3 aliphatic heterocycles. The van der Waals surface area contributed by atoms with E-state index >= 15 is 0 Å². The molecule has 0 bridgehead atoms. The molecule has 2 N–H and O–H groups in total. The lowest BCUT2D eigenvalue weighted by atomic mass is 9.83. The predicted octanol–water partition coefficient (Wildman–Crippen LogP) is 4.90. The van der Waals surface area contributed by atoms with E-state index in [-0.39, 0.29) is 17.8 Å². The minimum Gasteiger partial charge on any atom is -0.370 e. The van der Waals surface area contributed by atoms with Gasteiger partial charge in [0.2, 0.25) is 0 Å². The Labute approximate surface area is 224 Å². The summed E-state index contributed by atoms with van der Waals surface area (Å²) in [6, 6.07) is 24.6. The van der Waals surface area contributed by atoms with Crippen LogP contribution in [0, 0.1) is 6.92 Å². The Morgan fingerprint density at radius 1 is 1.05 bits per heavy atom. The van der Waals surface area contributed by atoms with Crippen LogP contribution in [0.2, 0.25) is 0 Å². The first-order valence-corrected chi connectivity index (χ1v) is 13.5. The molecule has 1 atom stereocenters. The van der Waals surface area contributed by atoms with Crippen molar-refractivity contribution < 1.29 is 9.53 Å². The molecule has 7 heteroatoms. The van der Waals surface area contributed by atoms with Crippen molar-refractivity contribution in [2.24, 2.45) is 4.99 Å². The number of aryl methyl sites for hydroxylation is 1. The average Bonchev–Trinajstić information content (AvgIpc) is 3.21. The molecule has 0 radical (unpaired) electrons. The number of ether oxygens (including phenoxy) is 1. The van der Waals surface area contributed by atoms with Crippen LogP contribution in [0.4, 0.5) is 16.2 Å². The molecule has 7 nitrogen and oxygen atoms in total. The summed E-state index contributed by atoms with van der Waals surface area (Å²) in [7, 11) is 2.06. The van der Waals surface area contributed by atoms with Crippen LogP contribution < -0.4 is 15.5 Å². The first kappa shape index (κ1) is 24.6. The molecule has 1 saturated heterocycles. The van der Waals surface area contributed by atoms with Crippen LogP contribution in [0.1, 0.15) is 35.1 Å². The Balaban J connectivity index is 1.19. The molecule has 38 heavy (non-hydrogen) atoms. The van der Waals surface area contributed by atoms with Crippen LogP contribution in [0.5, 0.6) is 0 Å². The van der Waals surface area contributed by atoms with Crippen LogP contribution in [-0.4, -0.2) is 56.0 Å². The van der Waals surface area contributed by atoms with Gasteiger partial charge < -0.3 is 20.3 Å². The van der Waals surface area contributed by atoms with Crippen molar-refractivity contribution in [2.45, 2.75) is 38.1 Å². The summed E-state index contributed by atoms with van der Waals surface area (Å²) in [4.78, 5) is 22.7. The number of anilines is 2. The number of fused-ring (bicyclic) bond motifs is 3. The maximum atomic E-state index is 12.9. The third-order valence-corrected chi connectivity index (χ3v) is 8.01. The van der Waals surface area contributed by atoms with Gasteiger partial charge in [0.05, 0.1) is 24.5 Å². The Kier molecular flexibility index (Phi) is 6.64. The minimum absolute atomic E-state index is 0.158. The maximum absolute atomic E-state index is 12.9. The number of rotatable bonds is 4. The number of nitrogens with zero attached hydrogens (tertiary/aromatic N) is 3. The van der Waals surface area contributed by atoms with Crippen LogP contribution in [0.15, 0.2) is 77.8 Å². The Bertz CT molecular complexity index is 1360. The Hall–Kier alpha value is -3.68. The molecule has 2 amide bonds. The van der Waals surface area contributed by atoms with Crippen LogP contribution in [0.3, 0.4) is 0 Å². The molecule has 1 spiro atoms. The molecule has 3 aliphatic rings. The van der Waals surface area contributed by atoms with Crippen molar-refractivity contribution in [3.8, 4) is 0 Å². The molecule has 1 fully saturated rings. The summed E-state index contributed by atoms with van der Waals surface area (Å²) in [5.74, 6) is 0. The molecule has 1 unspecified atom stereocenters. The zero-order valence-corrected chi connectivity index (χ0v) is 22.1. The van der Waals surface area contributed by atoms with Crippen molar-refractivity contribution in [1.29, 1.82) is 0 Å². The summed E-state index contributed by atoms with van der Waals surface area (Å²) < 4.78 is 6.38. The zero-order valence-electron chi connectivity index (χ0n) is 22.1. The second kappa shape index (κ2) is 10.2. The fourth-order valence-corrected chi connectivity index (χ4v) is 6.03. The van der Waals surface area contributed by atoms with Crippen LogP contribution in [0.25, 0.3) is 0 Å². The van der Waals surface area contributed by atoms with Gasteiger partial charge in [0.1, 0.15) is 6.17 Å². The lowest BCUT2D eigenvalue weighted by Crippen LogP contribution is -2.45. The summed E-state index contributed by atoms with van der Waals surface area (Å²) in [6.45, 7) is 5.93. The van der Waals surface area contributed by atoms with Gasteiger partial charge in [-0.1, -0.05) is 54.6 Å². The van der Waals surface area contributed by atoms with Gasteiger partial charge in [-0.25, -0.2) is 4.79 Å². The van der Waals surface area contributed by atoms with E-state index in [2.05, 4.69) is 76.0 Å². The van der Waals surface area contributed by atoms with E-state index in [9.17, 15) is 4.79 Å². The molecule has 3 aromatic rings. The van der Waals surface area contributed by atoms with E-state index in [1.54, 1.807) is 0 Å². The molecule has 0 aromatic heterocycles. The first-order chi connectivity index (χ1) is 18.5. The highest BCUT2D eigenvalue weighted by Crippen LogP contribution is 2.44. The number of carbonyl (C=O) groups is 1. The molecular weight excluding hydrogens is 474 g/mol. The number of benzodiazepines with no additional fused rings is 1. The second-order valence-corrected chi connectivity index (χ2v) is 10.7. The average molecular weight is 510 g/mol. The number of nitrogens with one attached hydrogen (secondary N) is 2. The monoisotopic (exact) mass is 509 g/mol. The lowest BCUT2D eigenvalue weighted by molar-refractivity contribution is -0.0768. The van der Waals surface area contributed by atoms with Crippen molar-refractivity contribution in [3.05, 3.63) is 95.1 Å². The highest BCUT2D eigenvalue weighted by atomic mass is 16.5. The molecular formula is C31H35N5O2. The molecule has 0 aliphatic carbocycles. The highest BCUT2D eigenvalue weighted by molar-refractivity contribution is 6.07. The van der Waals surface area contributed by atoms with Crippen LogP contribution >= 0.6 is 0 Å². The van der Waals surface area contributed by atoms with E-state index in [1.165, 1.54) is 11.1 Å². The summed E-state index contributed by atoms with van der Waals surface area (Å²) in [6.07, 6.45) is 1.58. The number of aliphatic imine (C=N–C) groups is 1. The van der Waals surface area contributed by atoms with Crippen molar-refractivity contribution >= 4 is 23.1 Å². The first-order valence-electron chi connectivity index (χ1n) is 13.5. The number of amides is 2. The topological polar surface area (TPSA) is 69.2 Å². The van der Waals surface area contributed by atoms with E-state index in [1.807, 2.05) is 31.2 Å². The normalized spacial score (nSPS) is 20.3. The standard InChI is InChI=1S/C31H35N5O2/c1-22-8-7-10-24(18-22)32-30(37)34-29-20-35(2)28-13-6-4-11-25(28)27(33-29)19-36-16-14-31(15-17-36)26-12-5-3-9-23(26)21-38-31/h3-13,18,29H,14-17,19-21H2,1-2H3,(H2,32,34,37). The van der Waals surface area contributed by atoms with Crippen molar-refractivity contribution in [2.75, 3.05) is 43.4 Å². The highest BCUT2D eigenvalue weighted by Gasteiger charge is 2.42. The van der Waals surface area contributed by atoms with Gasteiger partial charge in [-0.2, -0.15) is 0 Å². The number of hydrogen-bond donors (Lipinski definition) is 2. The maximum Gasteiger partial charge on any atom is 0.320 e. The SMILES string of the molecule is Cc1cccc(NC(=O)NC2CN(C)c3ccccc3C(CN3CCC4(CC3)OCc3ccccc34)=N2)c1. The van der Waals surface area contributed by atoms with E-state index in [0.717, 1.165) is 60.7 Å². The zero-order chi connectivity index (χ0) is 26.1. The number of hydrogen-bond acceptors (Lipinski definition) is 5. The largest absolute Gasteiger partial charge is 0.370 e. The molecule has 0 saturated carbocycles. The van der Waals surface area contributed by atoms with E-state index < -0.39 is 0 Å². The van der Waals surface area contributed by atoms with Gasteiger partial charge in [-0.05, 0) is 54.7 Å². The number of para-hydroxylation sites is 1. The van der Waals surface area contributed by atoms with Gasteiger partial charge in [-0.15, -0.1) is 0 Å². The third-order valence-electron chi connectivity index (χ3n) is 8.01. The molecule has 3 aromatic carbocycles. The van der Waals surface area contributed by atoms with E-state index in [0.29, 0.717) is 13.2 Å². The molecule has 6 rings (SSSR count). The summed E-state index contributed by atoms with van der Waals surface area (Å²) in [5, 5.41) is 6.05. The van der Waals surface area contributed by atoms with Gasteiger partial charge in [0.15, 0.2) is 0 Å². The number of benzene rings is 3. The van der Waals surface area contributed by atoms with Gasteiger partial charge in [-0.3, -0.25) is 9.89 Å². The van der Waals surface area contributed by atoms with Gasteiger partial charge in [0, 0.05) is 43.6 Å². The van der Waals surface area contributed by atoms with Crippen molar-refractivity contribution in [3.63, 3.8) is 0 Å². The predicted molar refractivity (Wildman–Crippen MR) is 152 cm³/mol. The minimum atomic E-state index is -0.367. The number of likely N-dealkylation sites (N-methyl/N-ethyl adjacent to an activating group) is 1. The van der Waals surface area contributed by atoms with Crippen molar-refractivity contribution in [1.82, 2.24) is 10.2 Å². The molecule has 3 heterocycles. The molecule has 196 valence electrons. The number of urea groups is 1. The summed E-state index contributed by atoms with van der Waals surface area (Å²) >= 11 is 0. The smallest absolute Gasteiger partial charge is 0.320 e. The van der Waals surface area contributed by atoms with Gasteiger partial charge >= 0.3 is 6.03 Å². The number of piperidine rings is 1. The Morgan fingerprint density at radius 2 is 1.84 bits per heavy atom. The fourth-order valence-electron chi connectivity index (χ4n) is 6.03. The van der Waals surface area contributed by atoms with Gasteiger partial charge in [0.25, 0.3) is 0 Å². The quantitative estimate of drug-likeness (QED) is 0.525. The Morgan fingerprint density at radius 3 is 2.68 bits per heavy atom. The van der Waals surface area contributed by atoms with E-state index in [4.69, 9.17) is 9.73 Å². The van der Waals surface area contributed by atoms with Crippen LogP contribution in [-0.2, 0) is 16.9 Å².